The van der Waals surface area contributed by atoms with Crippen molar-refractivity contribution in [1.29, 1.82) is 0 Å². The summed E-state index contributed by atoms with van der Waals surface area (Å²) < 4.78 is 39.1. The molecule has 1 fully saturated rings. The molecule has 2 N–H and O–H groups in total. The summed E-state index contributed by atoms with van der Waals surface area (Å²) in [6.07, 6.45) is -0.166. The molecule has 0 saturated heterocycles. The van der Waals surface area contributed by atoms with Crippen LogP contribution >= 0.6 is 0 Å². The minimum Gasteiger partial charge on any atom is -0.321 e. The van der Waals surface area contributed by atoms with Gasteiger partial charge in [-0.25, -0.2) is 4.98 Å². The van der Waals surface area contributed by atoms with E-state index in [-0.39, 0.29) is 0 Å². The van der Waals surface area contributed by atoms with Gasteiger partial charge in [0.15, 0.2) is 0 Å². The van der Waals surface area contributed by atoms with Gasteiger partial charge in [-0.3, -0.25) is 4.40 Å². The summed E-state index contributed by atoms with van der Waals surface area (Å²) in [5.41, 5.74) is 6.68. The molecule has 0 unspecified atom stereocenters. The Kier molecular flexibility index (Phi) is 1.87. The standard InChI is InChI=1S/C11H10F3N3/c12-11(13,14)9-16-5-8-2-1-7(6-17(8)9)10(15)3-4-10/h1-2,5-6H,3-4,15H2. The van der Waals surface area contributed by atoms with Crippen LogP contribution < -0.4 is 5.73 Å². The molecule has 0 atom stereocenters. The zero-order valence-electron chi connectivity index (χ0n) is 8.83. The third-order valence-corrected chi connectivity index (χ3v) is 3.14. The molecule has 90 valence electrons. The number of nitrogens with zero attached hydrogens (tertiary/aromatic N) is 2. The number of alkyl halides is 3. The van der Waals surface area contributed by atoms with Gasteiger partial charge in [0, 0.05) is 11.7 Å². The van der Waals surface area contributed by atoms with Gasteiger partial charge in [0.2, 0.25) is 5.82 Å². The summed E-state index contributed by atoms with van der Waals surface area (Å²) in [5, 5.41) is 0. The Balaban J connectivity index is 2.20. The number of nitrogens with two attached hydrogens (primary N) is 1. The Labute approximate surface area is 95.1 Å². The average Bonchev–Trinajstić information content (AvgIpc) is 2.85. The first-order valence-corrected chi connectivity index (χ1v) is 5.24. The third kappa shape index (κ3) is 1.59. The second-order valence-corrected chi connectivity index (χ2v) is 4.45. The second-order valence-electron chi connectivity index (χ2n) is 4.45. The maximum atomic E-state index is 12.7. The molecule has 0 radical (unpaired) electrons. The van der Waals surface area contributed by atoms with Crippen LogP contribution in [0.2, 0.25) is 0 Å². The number of hydrogen-bond acceptors (Lipinski definition) is 2. The molecular formula is C11H10F3N3. The Morgan fingerprint density at radius 2 is 2.00 bits per heavy atom. The van der Waals surface area contributed by atoms with E-state index in [2.05, 4.69) is 4.98 Å². The first-order valence-electron chi connectivity index (χ1n) is 5.24. The van der Waals surface area contributed by atoms with Crippen molar-refractivity contribution >= 4 is 5.52 Å². The van der Waals surface area contributed by atoms with Crippen molar-refractivity contribution in [1.82, 2.24) is 9.38 Å². The highest BCUT2D eigenvalue weighted by atomic mass is 19.4. The van der Waals surface area contributed by atoms with E-state index in [0.29, 0.717) is 5.52 Å². The van der Waals surface area contributed by atoms with E-state index in [4.69, 9.17) is 5.73 Å². The van der Waals surface area contributed by atoms with Crippen LogP contribution in [-0.2, 0) is 11.7 Å². The number of rotatable bonds is 1. The normalized spacial score (nSPS) is 18.6. The van der Waals surface area contributed by atoms with Crippen LogP contribution in [0.15, 0.2) is 24.5 Å². The van der Waals surface area contributed by atoms with E-state index in [0.717, 1.165) is 22.8 Å². The fourth-order valence-electron chi connectivity index (χ4n) is 1.92. The van der Waals surface area contributed by atoms with E-state index in [1.54, 1.807) is 12.1 Å². The topological polar surface area (TPSA) is 43.3 Å². The van der Waals surface area contributed by atoms with Crippen molar-refractivity contribution in [3.63, 3.8) is 0 Å². The fraction of sp³-hybridized carbons (Fsp3) is 0.364. The van der Waals surface area contributed by atoms with Gasteiger partial charge in [0.05, 0.1) is 11.7 Å². The van der Waals surface area contributed by atoms with E-state index >= 15 is 0 Å². The molecule has 0 amide bonds. The maximum Gasteiger partial charge on any atom is 0.450 e. The summed E-state index contributed by atoms with van der Waals surface area (Å²) in [7, 11) is 0. The molecule has 1 aliphatic carbocycles. The summed E-state index contributed by atoms with van der Waals surface area (Å²) in [4.78, 5) is 3.41. The molecule has 0 bridgehead atoms. The van der Waals surface area contributed by atoms with Crippen molar-refractivity contribution in [2.75, 3.05) is 0 Å². The Bertz CT molecular complexity index is 581. The molecule has 0 aromatic carbocycles. The summed E-state index contributed by atoms with van der Waals surface area (Å²) >= 11 is 0. The molecule has 6 heteroatoms. The molecule has 2 heterocycles. The quantitative estimate of drug-likeness (QED) is 0.832. The summed E-state index contributed by atoms with van der Waals surface area (Å²) in [6, 6.07) is 3.38. The first kappa shape index (κ1) is 10.6. The van der Waals surface area contributed by atoms with Crippen LogP contribution in [0.25, 0.3) is 5.52 Å². The van der Waals surface area contributed by atoms with Crippen LogP contribution in [0.3, 0.4) is 0 Å². The van der Waals surface area contributed by atoms with Crippen molar-refractivity contribution < 1.29 is 13.2 Å². The van der Waals surface area contributed by atoms with Gasteiger partial charge in [0.25, 0.3) is 0 Å². The lowest BCUT2D eigenvalue weighted by Gasteiger charge is -2.11. The van der Waals surface area contributed by atoms with Gasteiger partial charge < -0.3 is 5.73 Å². The molecule has 0 aliphatic heterocycles. The van der Waals surface area contributed by atoms with Crippen molar-refractivity contribution in [2.45, 2.75) is 24.6 Å². The average molecular weight is 241 g/mol. The summed E-state index contributed by atoms with van der Waals surface area (Å²) in [5.74, 6) is -0.904. The minimum atomic E-state index is -4.45. The zero-order valence-corrected chi connectivity index (χ0v) is 8.83. The Morgan fingerprint density at radius 1 is 1.29 bits per heavy atom. The fourth-order valence-corrected chi connectivity index (χ4v) is 1.92. The zero-order chi connectivity index (χ0) is 12.3. The number of aromatic nitrogens is 2. The molecular weight excluding hydrogens is 231 g/mol. The molecule has 2 aromatic heterocycles. The van der Waals surface area contributed by atoms with Gasteiger partial charge in [-0.2, -0.15) is 13.2 Å². The van der Waals surface area contributed by atoms with Crippen molar-refractivity contribution in [2.24, 2.45) is 5.73 Å². The van der Waals surface area contributed by atoms with Crippen LogP contribution in [0.1, 0.15) is 24.2 Å². The predicted molar refractivity (Wildman–Crippen MR) is 55.3 cm³/mol. The number of imidazole rings is 1. The molecule has 17 heavy (non-hydrogen) atoms. The molecule has 1 aliphatic rings. The highest BCUT2D eigenvalue weighted by Crippen LogP contribution is 2.42. The lowest BCUT2D eigenvalue weighted by molar-refractivity contribution is -0.145. The number of halogens is 3. The lowest BCUT2D eigenvalue weighted by Crippen LogP contribution is -2.20. The minimum absolute atomic E-state index is 0.422. The predicted octanol–water partition coefficient (Wildman–Crippen LogP) is 2.30. The number of pyridine rings is 1. The van der Waals surface area contributed by atoms with Crippen LogP contribution in [0.5, 0.6) is 0 Å². The van der Waals surface area contributed by atoms with E-state index in [1.807, 2.05) is 0 Å². The Hall–Kier alpha value is -1.56. The smallest absolute Gasteiger partial charge is 0.321 e. The van der Waals surface area contributed by atoms with Gasteiger partial charge >= 0.3 is 6.18 Å². The Morgan fingerprint density at radius 3 is 2.59 bits per heavy atom. The second kappa shape index (κ2) is 3.01. The third-order valence-electron chi connectivity index (χ3n) is 3.14. The van der Waals surface area contributed by atoms with Gasteiger partial charge in [-0.1, -0.05) is 6.07 Å². The number of hydrogen-bond donors (Lipinski definition) is 1. The molecule has 0 spiro atoms. The van der Waals surface area contributed by atoms with Crippen LogP contribution in [0, 0.1) is 0 Å². The molecule has 1 saturated carbocycles. The molecule has 3 nitrogen and oxygen atoms in total. The lowest BCUT2D eigenvalue weighted by atomic mass is 10.1. The van der Waals surface area contributed by atoms with Crippen molar-refractivity contribution in [3.8, 4) is 0 Å². The maximum absolute atomic E-state index is 12.7. The van der Waals surface area contributed by atoms with Gasteiger partial charge in [-0.05, 0) is 24.5 Å². The van der Waals surface area contributed by atoms with Gasteiger partial charge in [-0.15, -0.1) is 0 Å². The van der Waals surface area contributed by atoms with E-state index < -0.39 is 17.5 Å². The molecule has 2 aromatic rings. The first-order chi connectivity index (χ1) is 7.90. The van der Waals surface area contributed by atoms with Gasteiger partial charge in [0.1, 0.15) is 0 Å². The van der Waals surface area contributed by atoms with Crippen LogP contribution in [-0.4, -0.2) is 9.38 Å². The van der Waals surface area contributed by atoms with E-state index in [9.17, 15) is 13.2 Å². The monoisotopic (exact) mass is 241 g/mol. The molecule has 3 rings (SSSR count). The van der Waals surface area contributed by atoms with Crippen LogP contribution in [0.4, 0.5) is 13.2 Å². The van der Waals surface area contributed by atoms with E-state index in [1.165, 1.54) is 12.4 Å². The highest BCUT2D eigenvalue weighted by molar-refractivity contribution is 5.49. The SMILES string of the molecule is NC1(c2ccc3cnc(C(F)(F)F)n3c2)CC1. The van der Waals surface area contributed by atoms with Crippen molar-refractivity contribution in [3.05, 3.63) is 35.9 Å². The largest absolute Gasteiger partial charge is 0.450 e. The number of fused-ring (bicyclic) bond motifs is 1. The highest BCUT2D eigenvalue weighted by Gasteiger charge is 2.41. The summed E-state index contributed by atoms with van der Waals surface area (Å²) in [6.45, 7) is 0.